The predicted octanol–water partition coefficient (Wildman–Crippen LogP) is 9.59. The van der Waals surface area contributed by atoms with Crippen molar-refractivity contribution in [3.05, 3.63) is 134 Å². The largest absolute Gasteiger partial charge is 0.489 e. The van der Waals surface area contributed by atoms with Crippen LogP contribution in [0.5, 0.6) is 5.75 Å². The lowest BCUT2D eigenvalue weighted by Gasteiger charge is -2.32. The van der Waals surface area contributed by atoms with Crippen LogP contribution in [0.1, 0.15) is 66.8 Å². The van der Waals surface area contributed by atoms with Crippen molar-refractivity contribution in [3.8, 4) is 5.75 Å². The predicted molar refractivity (Wildman–Crippen MR) is 224 cm³/mol. The van der Waals surface area contributed by atoms with Gasteiger partial charge in [0.2, 0.25) is 0 Å². The van der Waals surface area contributed by atoms with Crippen LogP contribution >= 0.6 is 23.2 Å². The number of aliphatic hydroxyl groups is 2. The van der Waals surface area contributed by atoms with E-state index in [0.29, 0.717) is 47.2 Å². The molecule has 0 fully saturated rings. The van der Waals surface area contributed by atoms with Gasteiger partial charge in [0.25, 0.3) is 0 Å². The molecule has 4 heterocycles. The molecule has 8 rings (SSSR count). The summed E-state index contributed by atoms with van der Waals surface area (Å²) in [7, 11) is 2.10. The normalized spacial score (nSPS) is 17.1. The first kappa shape index (κ1) is 39.8. The Labute approximate surface area is 343 Å². The van der Waals surface area contributed by atoms with Crippen molar-refractivity contribution in [1.29, 1.82) is 0 Å². The third-order valence-electron chi connectivity index (χ3n) is 12.1. The number of fused-ring (bicyclic) bond motifs is 6. The van der Waals surface area contributed by atoms with Crippen LogP contribution in [0.4, 0.5) is 8.78 Å². The van der Waals surface area contributed by atoms with Gasteiger partial charge in [-0.3, -0.25) is 4.90 Å². The maximum atomic E-state index is 15.7. The van der Waals surface area contributed by atoms with Gasteiger partial charge in [0.15, 0.2) is 11.6 Å². The van der Waals surface area contributed by atoms with Gasteiger partial charge in [-0.2, -0.15) is 0 Å². The summed E-state index contributed by atoms with van der Waals surface area (Å²) in [6.07, 6.45) is 3.91. The molecule has 6 aromatic rings. The molecule has 2 aromatic heterocycles. The number of nitrogens with zero attached hydrogens (tertiary/aromatic N) is 4. The summed E-state index contributed by atoms with van der Waals surface area (Å²) >= 11 is 12.9. The fraction of sp³-hybridized carbons (Fsp3) is 0.391. The van der Waals surface area contributed by atoms with Crippen LogP contribution in [0.25, 0.3) is 21.8 Å². The van der Waals surface area contributed by atoms with Gasteiger partial charge in [0.05, 0.1) is 13.1 Å². The average molecular weight is 816 g/mol. The molecule has 0 radical (unpaired) electrons. The number of aromatic nitrogens is 2. The smallest absolute Gasteiger partial charge is 0.165 e. The summed E-state index contributed by atoms with van der Waals surface area (Å²) in [6.45, 7) is 8.43. The van der Waals surface area contributed by atoms with Gasteiger partial charge in [-0.15, -0.1) is 0 Å². The van der Waals surface area contributed by atoms with Gasteiger partial charge in [-0.25, -0.2) is 8.78 Å². The number of ether oxygens (including phenoxy) is 1. The van der Waals surface area contributed by atoms with E-state index >= 15 is 4.39 Å². The molecule has 7 nitrogen and oxygen atoms in total. The van der Waals surface area contributed by atoms with Gasteiger partial charge < -0.3 is 29.0 Å². The Morgan fingerprint density at radius 3 is 2.02 bits per heavy atom. The van der Waals surface area contributed by atoms with Crippen LogP contribution in [-0.2, 0) is 50.2 Å². The highest BCUT2D eigenvalue weighted by atomic mass is 35.5. The molecular formula is C46H50Cl2F2N4O3. The number of unbranched alkanes of at least 4 members (excludes halogenated alkanes) is 1. The molecule has 300 valence electrons. The highest BCUT2D eigenvalue weighted by molar-refractivity contribution is 6.31. The average Bonchev–Trinajstić information content (AvgIpc) is 3.64. The second-order valence-electron chi connectivity index (χ2n) is 16.3. The molecule has 0 aliphatic carbocycles. The lowest BCUT2D eigenvalue weighted by Crippen LogP contribution is -2.36. The molecule has 2 aliphatic rings. The lowest BCUT2D eigenvalue weighted by atomic mass is 9.88. The molecule has 57 heavy (non-hydrogen) atoms. The van der Waals surface area contributed by atoms with Gasteiger partial charge >= 0.3 is 0 Å². The van der Waals surface area contributed by atoms with E-state index < -0.39 is 17.0 Å². The Kier molecular flexibility index (Phi) is 11.2. The quantitative estimate of drug-likeness (QED) is 0.122. The van der Waals surface area contributed by atoms with Crippen LogP contribution in [0.3, 0.4) is 0 Å². The van der Waals surface area contributed by atoms with Crippen LogP contribution in [-0.4, -0.2) is 62.4 Å². The minimum atomic E-state index is -1.35. The summed E-state index contributed by atoms with van der Waals surface area (Å²) in [5.41, 5.74) is 5.38. The van der Waals surface area contributed by atoms with E-state index in [1.165, 1.54) is 29.5 Å². The Hall–Kier alpha value is -3.96. The third-order valence-corrected chi connectivity index (χ3v) is 12.6. The van der Waals surface area contributed by atoms with Crippen LogP contribution in [0.2, 0.25) is 10.0 Å². The maximum absolute atomic E-state index is 15.7. The second-order valence-corrected chi connectivity index (χ2v) is 17.1. The Bertz CT molecular complexity index is 2430. The minimum absolute atomic E-state index is 0.143. The van der Waals surface area contributed by atoms with Gasteiger partial charge in [-0.1, -0.05) is 61.2 Å². The van der Waals surface area contributed by atoms with Crippen LogP contribution in [0, 0.1) is 11.6 Å². The number of benzene rings is 4. The summed E-state index contributed by atoms with van der Waals surface area (Å²) in [6, 6.07) is 22.7. The van der Waals surface area contributed by atoms with Crippen molar-refractivity contribution in [1.82, 2.24) is 18.9 Å². The van der Waals surface area contributed by atoms with E-state index in [-0.39, 0.29) is 24.7 Å². The first-order chi connectivity index (χ1) is 27.3. The Balaban J connectivity index is 0.964. The molecule has 0 saturated carbocycles. The number of hydrogen-bond donors (Lipinski definition) is 2. The molecule has 4 aromatic carbocycles. The van der Waals surface area contributed by atoms with E-state index in [4.69, 9.17) is 27.9 Å². The van der Waals surface area contributed by atoms with Crippen molar-refractivity contribution in [3.63, 3.8) is 0 Å². The fourth-order valence-corrected chi connectivity index (χ4v) is 9.37. The van der Waals surface area contributed by atoms with Crippen molar-refractivity contribution in [2.75, 3.05) is 33.3 Å². The van der Waals surface area contributed by atoms with Crippen LogP contribution < -0.4 is 4.74 Å². The standard InChI is InChI=1S/C46H50Cl2F2N4O3/c1-4-5-18-46(56,30-6-11-34(49)12-7-30)29-54-41-14-10-33(48)25-36(41)38-27-52(20-17-43(38)54)21-22-57-44-15-8-31(23-39(44)50)45(2,55)28-53-40-13-9-32(47)24-35(40)37-26-51(3)19-16-42(37)53/h6-15,23-25,55-56H,4-5,16-22,26-29H2,1-3H3. The molecule has 2 aliphatic heterocycles. The first-order valence-corrected chi connectivity index (χ1v) is 20.7. The third kappa shape index (κ3) is 7.95. The van der Waals surface area contributed by atoms with E-state index in [1.807, 2.05) is 36.4 Å². The first-order valence-electron chi connectivity index (χ1n) is 20.0. The van der Waals surface area contributed by atoms with Gasteiger partial charge in [0.1, 0.15) is 23.6 Å². The zero-order chi connectivity index (χ0) is 40.1. The lowest BCUT2D eigenvalue weighted by molar-refractivity contribution is 0.00765. The topological polar surface area (TPSA) is 66.0 Å². The molecule has 2 unspecified atom stereocenters. The van der Waals surface area contributed by atoms with E-state index in [2.05, 4.69) is 32.9 Å². The SMILES string of the molecule is CCCCC(O)(Cn1c2c(c3cc(Cl)ccc31)CN(CCOc1ccc(C(C)(O)Cn3c4c(c5cc(Cl)ccc53)CN(C)CC4)cc1F)CC2)c1ccc(F)cc1. The second kappa shape index (κ2) is 16.0. The zero-order valence-electron chi connectivity index (χ0n) is 32.8. The van der Waals surface area contributed by atoms with Crippen LogP contribution in [0.15, 0.2) is 78.9 Å². The number of rotatable bonds is 13. The molecule has 2 atom stereocenters. The summed E-state index contributed by atoms with van der Waals surface area (Å²) in [5.74, 6) is -0.706. The zero-order valence-corrected chi connectivity index (χ0v) is 34.3. The van der Waals surface area contributed by atoms with Gasteiger partial charge in [-0.05, 0) is 103 Å². The van der Waals surface area contributed by atoms with Crippen molar-refractivity contribution in [2.45, 2.75) is 83.3 Å². The fourth-order valence-electron chi connectivity index (χ4n) is 9.03. The highest BCUT2D eigenvalue weighted by Crippen LogP contribution is 2.39. The van der Waals surface area contributed by atoms with Crippen molar-refractivity contribution < 1.29 is 23.7 Å². The molecular weight excluding hydrogens is 765 g/mol. The number of halogens is 4. The maximum Gasteiger partial charge on any atom is 0.165 e. The summed E-state index contributed by atoms with van der Waals surface area (Å²) in [4.78, 5) is 4.57. The monoisotopic (exact) mass is 814 g/mol. The summed E-state index contributed by atoms with van der Waals surface area (Å²) < 4.78 is 40.0. The molecule has 0 amide bonds. The van der Waals surface area contributed by atoms with E-state index in [1.54, 1.807) is 31.2 Å². The number of likely N-dealkylation sites (N-methyl/N-ethyl adjacent to an activating group) is 1. The molecule has 0 saturated heterocycles. The summed E-state index contributed by atoms with van der Waals surface area (Å²) in [5, 5.41) is 27.4. The van der Waals surface area contributed by atoms with E-state index in [0.717, 1.165) is 78.4 Å². The van der Waals surface area contributed by atoms with Crippen molar-refractivity contribution >= 4 is 45.0 Å². The Morgan fingerprint density at radius 2 is 1.37 bits per heavy atom. The van der Waals surface area contributed by atoms with Gasteiger partial charge in [0, 0.05) is 88.8 Å². The van der Waals surface area contributed by atoms with E-state index in [9.17, 15) is 14.6 Å². The molecule has 0 bridgehead atoms. The highest BCUT2D eigenvalue weighted by Gasteiger charge is 2.34. The molecule has 11 heteroatoms. The minimum Gasteiger partial charge on any atom is -0.489 e. The molecule has 2 N–H and O–H groups in total. The Morgan fingerprint density at radius 1 is 0.754 bits per heavy atom. The number of hydrogen-bond acceptors (Lipinski definition) is 5. The van der Waals surface area contributed by atoms with Crippen molar-refractivity contribution in [2.24, 2.45) is 0 Å². The molecule has 0 spiro atoms.